The molecule has 0 aliphatic carbocycles. The Balaban J connectivity index is 1.36. The third-order valence-corrected chi connectivity index (χ3v) is 8.77. The Kier molecular flexibility index (Phi) is 8.43. The number of fused-ring (bicyclic) bond motifs is 1. The molecular formula is C16H23BrN4O14P2. The fourth-order valence-electron chi connectivity index (χ4n) is 3.72. The molecule has 2 aromatic rings. The summed E-state index contributed by atoms with van der Waals surface area (Å²) in [6, 6.07) is 1.56. The lowest BCUT2D eigenvalue weighted by Gasteiger charge is -2.20. The third-order valence-electron chi connectivity index (χ3n) is 5.55. The van der Waals surface area contributed by atoms with E-state index in [2.05, 4.69) is 39.3 Å². The minimum absolute atomic E-state index is 0.146. The van der Waals surface area contributed by atoms with Gasteiger partial charge in [-0.1, -0.05) is 0 Å². The van der Waals surface area contributed by atoms with Gasteiger partial charge in [-0.2, -0.15) is 4.31 Å². The maximum absolute atomic E-state index is 12.2. The van der Waals surface area contributed by atoms with E-state index in [0.717, 1.165) is 0 Å². The number of aliphatic hydroxyl groups excluding tert-OH is 5. The van der Waals surface area contributed by atoms with Gasteiger partial charge in [0.1, 0.15) is 54.4 Å². The van der Waals surface area contributed by atoms with Gasteiger partial charge in [0.25, 0.3) is 0 Å². The number of phosphoric ester groups is 2. The molecule has 4 rings (SSSR count). The third kappa shape index (κ3) is 6.06. The predicted molar refractivity (Wildman–Crippen MR) is 121 cm³/mol. The van der Waals surface area contributed by atoms with Crippen molar-refractivity contribution in [1.82, 2.24) is 14.5 Å². The van der Waals surface area contributed by atoms with Gasteiger partial charge in [-0.25, -0.2) is 19.1 Å². The second-order valence-corrected chi connectivity index (χ2v) is 11.9. The highest BCUT2D eigenvalue weighted by Crippen LogP contribution is 2.60. The molecule has 0 aromatic carbocycles. The van der Waals surface area contributed by atoms with Crippen LogP contribution in [-0.4, -0.2) is 106 Å². The summed E-state index contributed by atoms with van der Waals surface area (Å²) in [5.74, 6) is 0.146. The number of aliphatic hydroxyl groups is 5. The van der Waals surface area contributed by atoms with E-state index in [1.165, 1.54) is 10.9 Å². The standard InChI is InChI=1S/C16H23BrN4O14P2/c17-8-1-5-13(18)19-4-20-14(5)21(8)15-11(24)9(22)6(33-15)2-31-36(27,28)35-37(29,30)32-3-7-10(23)12(25)16(26)34-7/h1,4,6-7,9-12,15-16,22-26H,2-3H2,(H,27,28)(H,29,30)(H2,18,19,20)/t6-,7-,9+,10?,11?,12+,15-,16+/m1/s1. The summed E-state index contributed by atoms with van der Waals surface area (Å²) in [6.45, 7) is -1.78. The Morgan fingerprint density at radius 1 is 0.946 bits per heavy atom. The van der Waals surface area contributed by atoms with Gasteiger partial charge in [0.2, 0.25) is 0 Å². The highest BCUT2D eigenvalue weighted by atomic mass is 79.9. The Bertz CT molecular complexity index is 1240. The highest BCUT2D eigenvalue weighted by molar-refractivity contribution is 9.10. The molecule has 2 saturated heterocycles. The molecule has 0 bridgehead atoms. The molecule has 4 unspecified atom stereocenters. The predicted octanol–water partition coefficient (Wildman–Crippen LogP) is -1.92. The van der Waals surface area contributed by atoms with Gasteiger partial charge >= 0.3 is 15.6 Å². The average molecular weight is 637 g/mol. The number of hydrogen-bond acceptors (Lipinski definition) is 15. The molecule has 10 atom stereocenters. The zero-order chi connectivity index (χ0) is 27.3. The fourth-order valence-corrected chi connectivity index (χ4v) is 6.41. The van der Waals surface area contributed by atoms with Crippen LogP contribution in [0.25, 0.3) is 11.0 Å². The van der Waals surface area contributed by atoms with Crippen molar-refractivity contribution in [3.05, 3.63) is 17.0 Å². The average Bonchev–Trinajstić information content (AvgIpc) is 3.38. The molecule has 21 heteroatoms. The number of ether oxygens (including phenoxy) is 2. The van der Waals surface area contributed by atoms with Crippen LogP contribution in [-0.2, 0) is 32.0 Å². The number of hydrogen-bond donors (Lipinski definition) is 8. The van der Waals surface area contributed by atoms with Gasteiger partial charge in [-0.15, -0.1) is 0 Å². The summed E-state index contributed by atoms with van der Waals surface area (Å²) in [7, 11) is -10.6. The van der Waals surface area contributed by atoms with Crippen LogP contribution in [0.2, 0.25) is 0 Å². The van der Waals surface area contributed by atoms with Gasteiger partial charge in [0.15, 0.2) is 12.5 Å². The number of nitrogen functional groups attached to an aromatic ring is 1. The first-order valence-corrected chi connectivity index (χ1v) is 14.1. The summed E-state index contributed by atoms with van der Waals surface area (Å²) >= 11 is 3.28. The number of phosphoric acid groups is 2. The van der Waals surface area contributed by atoms with Crippen LogP contribution >= 0.6 is 31.6 Å². The summed E-state index contributed by atoms with van der Waals surface area (Å²) in [5, 5.41) is 49.7. The molecule has 2 aromatic heterocycles. The zero-order valence-electron chi connectivity index (χ0n) is 18.4. The van der Waals surface area contributed by atoms with E-state index in [-0.39, 0.29) is 11.5 Å². The summed E-state index contributed by atoms with van der Waals surface area (Å²) in [6.07, 6.45) is -11.3. The first kappa shape index (κ1) is 28.9. The van der Waals surface area contributed by atoms with Crippen molar-refractivity contribution in [1.29, 1.82) is 0 Å². The largest absolute Gasteiger partial charge is 0.481 e. The number of rotatable bonds is 9. The van der Waals surface area contributed by atoms with Crippen molar-refractivity contribution in [3.8, 4) is 0 Å². The number of halogens is 1. The molecule has 2 aliphatic rings. The van der Waals surface area contributed by atoms with Crippen LogP contribution in [0, 0.1) is 0 Å². The lowest BCUT2D eigenvalue weighted by molar-refractivity contribution is -0.132. The van der Waals surface area contributed by atoms with Crippen LogP contribution in [0.5, 0.6) is 0 Å². The van der Waals surface area contributed by atoms with E-state index < -0.39 is 78.0 Å². The van der Waals surface area contributed by atoms with E-state index in [9.17, 15) is 44.4 Å². The molecular weight excluding hydrogens is 614 g/mol. The lowest BCUT2D eigenvalue weighted by Crippen LogP contribution is -2.34. The summed E-state index contributed by atoms with van der Waals surface area (Å²) in [5.41, 5.74) is 6.08. The first-order valence-electron chi connectivity index (χ1n) is 10.3. The van der Waals surface area contributed by atoms with Crippen LogP contribution in [0.15, 0.2) is 17.0 Å². The van der Waals surface area contributed by atoms with Crippen molar-refractivity contribution in [2.45, 2.75) is 49.1 Å². The van der Waals surface area contributed by atoms with E-state index in [1.807, 2.05) is 0 Å². The van der Waals surface area contributed by atoms with Crippen LogP contribution < -0.4 is 5.73 Å². The molecule has 208 valence electrons. The Hall–Kier alpha value is -1.12. The molecule has 0 amide bonds. The molecule has 2 aliphatic heterocycles. The van der Waals surface area contributed by atoms with Gasteiger partial charge in [-0.3, -0.25) is 13.6 Å². The van der Waals surface area contributed by atoms with Crippen molar-refractivity contribution < 1.29 is 67.3 Å². The van der Waals surface area contributed by atoms with Gasteiger partial charge in [-0.05, 0) is 22.0 Å². The quantitative estimate of drug-likeness (QED) is 0.139. The molecule has 18 nitrogen and oxygen atoms in total. The SMILES string of the molecule is Nc1ncnc2c1cc(Br)n2[C@@H]1O[C@H](COP(=O)(O)OP(=O)(O)OC[C@H]2O[C@H](O)[C@@H](O)C2O)[C@H](O)C1O. The van der Waals surface area contributed by atoms with E-state index in [4.69, 9.17) is 15.2 Å². The molecule has 0 saturated carbocycles. The molecule has 9 N–H and O–H groups in total. The summed E-state index contributed by atoms with van der Waals surface area (Å²) < 4.78 is 49.6. The van der Waals surface area contributed by atoms with Crippen LogP contribution in [0.3, 0.4) is 0 Å². The van der Waals surface area contributed by atoms with Crippen molar-refractivity contribution in [2.75, 3.05) is 18.9 Å². The Morgan fingerprint density at radius 2 is 1.51 bits per heavy atom. The van der Waals surface area contributed by atoms with Gasteiger partial charge in [0.05, 0.1) is 23.2 Å². The van der Waals surface area contributed by atoms with Crippen LogP contribution in [0.1, 0.15) is 6.23 Å². The Morgan fingerprint density at radius 3 is 2.08 bits per heavy atom. The van der Waals surface area contributed by atoms with E-state index >= 15 is 0 Å². The first-order chi connectivity index (χ1) is 17.2. The topological polar surface area (TPSA) is 279 Å². The Labute approximate surface area is 215 Å². The molecule has 37 heavy (non-hydrogen) atoms. The number of aromatic nitrogens is 3. The summed E-state index contributed by atoms with van der Waals surface area (Å²) in [4.78, 5) is 27.5. The minimum Gasteiger partial charge on any atom is -0.387 e. The molecule has 0 radical (unpaired) electrons. The second kappa shape index (κ2) is 10.8. The van der Waals surface area contributed by atoms with Crippen molar-refractivity contribution in [3.63, 3.8) is 0 Å². The van der Waals surface area contributed by atoms with Crippen molar-refractivity contribution >= 4 is 48.4 Å². The zero-order valence-corrected chi connectivity index (χ0v) is 21.7. The minimum atomic E-state index is -5.31. The maximum Gasteiger partial charge on any atom is 0.481 e. The highest BCUT2D eigenvalue weighted by Gasteiger charge is 2.47. The van der Waals surface area contributed by atoms with Crippen molar-refractivity contribution in [2.24, 2.45) is 0 Å². The number of nitrogens with zero attached hydrogens (tertiary/aromatic N) is 3. The molecule has 4 heterocycles. The maximum atomic E-state index is 12.2. The fraction of sp³-hybridized carbons (Fsp3) is 0.625. The van der Waals surface area contributed by atoms with Gasteiger partial charge in [0, 0.05) is 0 Å². The van der Waals surface area contributed by atoms with Gasteiger partial charge < -0.3 is 50.5 Å². The number of anilines is 1. The smallest absolute Gasteiger partial charge is 0.387 e. The molecule has 0 spiro atoms. The van der Waals surface area contributed by atoms with Crippen LogP contribution in [0.4, 0.5) is 5.82 Å². The molecule has 2 fully saturated rings. The van der Waals surface area contributed by atoms with E-state index in [1.54, 1.807) is 6.07 Å². The normalized spacial score (nSPS) is 35.6. The lowest BCUT2D eigenvalue weighted by atomic mass is 10.1. The van der Waals surface area contributed by atoms with E-state index in [0.29, 0.717) is 9.99 Å². The second-order valence-electron chi connectivity index (χ2n) is 8.04. The number of nitrogens with two attached hydrogens (primary N) is 1. The monoisotopic (exact) mass is 636 g/mol.